The van der Waals surface area contributed by atoms with E-state index in [1.807, 2.05) is 0 Å². The van der Waals surface area contributed by atoms with Crippen molar-refractivity contribution in [3.63, 3.8) is 0 Å². The molecule has 4 nitrogen and oxygen atoms in total. The monoisotopic (exact) mass is 285 g/mol. The Morgan fingerprint density at radius 1 is 1.45 bits per heavy atom. The van der Waals surface area contributed by atoms with Crippen molar-refractivity contribution in [1.29, 1.82) is 5.26 Å². The van der Waals surface area contributed by atoms with Crippen molar-refractivity contribution >= 4 is 11.6 Å². The molecule has 0 bridgehead atoms. The minimum Gasteiger partial charge on any atom is -0.375 e. The van der Waals surface area contributed by atoms with Crippen LogP contribution in [0.4, 0.5) is 18.9 Å². The van der Waals surface area contributed by atoms with Gasteiger partial charge in [0, 0.05) is 13.6 Å². The third-order valence-electron chi connectivity index (χ3n) is 2.80. The van der Waals surface area contributed by atoms with E-state index in [0.29, 0.717) is 6.54 Å². The van der Waals surface area contributed by atoms with Crippen LogP contribution >= 0.6 is 0 Å². The lowest BCUT2D eigenvalue weighted by atomic mass is 10.1. The third kappa shape index (κ3) is 3.88. The number of nitrogens with zero attached hydrogens (tertiary/aromatic N) is 2. The van der Waals surface area contributed by atoms with Crippen LogP contribution in [0.2, 0.25) is 0 Å². The fourth-order valence-electron chi connectivity index (χ4n) is 1.45. The van der Waals surface area contributed by atoms with Gasteiger partial charge in [-0.25, -0.2) is 0 Å². The van der Waals surface area contributed by atoms with E-state index < -0.39 is 11.7 Å². The number of benzene rings is 1. The van der Waals surface area contributed by atoms with E-state index in [2.05, 4.69) is 5.32 Å². The number of nitrogens with one attached hydrogen (secondary N) is 1. The van der Waals surface area contributed by atoms with Gasteiger partial charge >= 0.3 is 6.18 Å². The lowest BCUT2D eigenvalue weighted by molar-refractivity contribution is -0.137. The van der Waals surface area contributed by atoms with Crippen molar-refractivity contribution in [2.24, 2.45) is 0 Å². The molecule has 1 rings (SSSR count). The molecule has 0 atom stereocenters. The predicted molar refractivity (Wildman–Crippen MR) is 68.0 cm³/mol. The quantitative estimate of drug-likeness (QED) is 0.924. The first kappa shape index (κ1) is 15.8. The summed E-state index contributed by atoms with van der Waals surface area (Å²) in [5, 5.41) is 11.6. The predicted octanol–water partition coefficient (Wildman–Crippen LogP) is 2.47. The molecule has 0 saturated heterocycles. The summed E-state index contributed by atoms with van der Waals surface area (Å²) in [5.74, 6) is -0.212. The number of carbonyl (C=O) groups excluding carboxylic acids is 1. The average molecular weight is 285 g/mol. The lowest BCUT2D eigenvalue weighted by Gasteiger charge is -2.16. The van der Waals surface area contributed by atoms with Gasteiger partial charge in [0.05, 0.1) is 23.4 Å². The summed E-state index contributed by atoms with van der Waals surface area (Å²) in [6.07, 6.45) is -4.50. The Morgan fingerprint density at radius 3 is 2.60 bits per heavy atom. The molecule has 0 aliphatic carbocycles. The number of rotatable bonds is 4. The Morgan fingerprint density at radius 2 is 2.10 bits per heavy atom. The highest BCUT2D eigenvalue weighted by Crippen LogP contribution is 2.31. The molecule has 1 aromatic carbocycles. The van der Waals surface area contributed by atoms with Crippen molar-refractivity contribution in [1.82, 2.24) is 4.90 Å². The number of anilines is 1. The molecule has 0 spiro atoms. The number of amides is 1. The molecule has 0 aromatic heterocycles. The Bertz CT molecular complexity index is 535. The van der Waals surface area contributed by atoms with Gasteiger partial charge in [-0.15, -0.1) is 0 Å². The van der Waals surface area contributed by atoms with E-state index in [4.69, 9.17) is 5.26 Å². The number of hydrogen-bond donors (Lipinski definition) is 1. The van der Waals surface area contributed by atoms with Crippen LogP contribution in [-0.4, -0.2) is 30.9 Å². The van der Waals surface area contributed by atoms with Crippen LogP contribution in [0.1, 0.15) is 18.1 Å². The molecule has 0 fully saturated rings. The van der Waals surface area contributed by atoms with E-state index in [1.54, 1.807) is 20.0 Å². The molecule has 0 unspecified atom stereocenters. The lowest BCUT2D eigenvalue weighted by Crippen LogP contribution is -2.32. The Balaban J connectivity index is 2.87. The summed E-state index contributed by atoms with van der Waals surface area (Å²) in [7, 11) is 1.61. The summed E-state index contributed by atoms with van der Waals surface area (Å²) in [6.45, 7) is 2.25. The zero-order valence-electron chi connectivity index (χ0n) is 11.1. The molecular weight excluding hydrogens is 271 g/mol. The van der Waals surface area contributed by atoms with Gasteiger partial charge < -0.3 is 10.2 Å². The topological polar surface area (TPSA) is 56.1 Å². The van der Waals surface area contributed by atoms with Crippen LogP contribution in [0.3, 0.4) is 0 Å². The van der Waals surface area contributed by atoms with Crippen molar-refractivity contribution < 1.29 is 18.0 Å². The molecule has 1 aromatic rings. The Labute approximate surface area is 114 Å². The van der Waals surface area contributed by atoms with Gasteiger partial charge in [-0.1, -0.05) is 0 Å². The number of halogens is 3. The summed E-state index contributed by atoms with van der Waals surface area (Å²) in [5.41, 5.74) is -0.832. The van der Waals surface area contributed by atoms with E-state index >= 15 is 0 Å². The molecule has 20 heavy (non-hydrogen) atoms. The second-order valence-electron chi connectivity index (χ2n) is 4.13. The minimum atomic E-state index is -4.50. The number of likely N-dealkylation sites (N-methyl/N-ethyl adjacent to an activating group) is 1. The van der Waals surface area contributed by atoms with Gasteiger partial charge in [0.25, 0.3) is 0 Å². The van der Waals surface area contributed by atoms with Crippen LogP contribution in [-0.2, 0) is 11.0 Å². The molecule has 7 heteroatoms. The van der Waals surface area contributed by atoms with E-state index in [9.17, 15) is 18.0 Å². The number of alkyl halides is 3. The van der Waals surface area contributed by atoms with Crippen LogP contribution in [0.15, 0.2) is 18.2 Å². The molecular formula is C13H14F3N3O. The maximum absolute atomic E-state index is 12.5. The third-order valence-corrected chi connectivity index (χ3v) is 2.80. The smallest absolute Gasteiger partial charge is 0.375 e. The van der Waals surface area contributed by atoms with Gasteiger partial charge in [0.1, 0.15) is 6.07 Å². The van der Waals surface area contributed by atoms with Crippen LogP contribution in [0, 0.1) is 11.3 Å². The van der Waals surface area contributed by atoms with Gasteiger partial charge in [0.15, 0.2) is 0 Å². The first-order valence-corrected chi connectivity index (χ1v) is 5.88. The molecule has 0 heterocycles. The largest absolute Gasteiger partial charge is 0.416 e. The highest BCUT2D eigenvalue weighted by atomic mass is 19.4. The zero-order chi connectivity index (χ0) is 15.3. The SMILES string of the molecule is CCN(C)C(=O)CNc1ccc(C(F)(F)F)cc1C#N. The highest BCUT2D eigenvalue weighted by molar-refractivity contribution is 5.81. The van der Waals surface area contributed by atoms with Crippen LogP contribution in [0.25, 0.3) is 0 Å². The molecule has 0 aliphatic rings. The fraction of sp³-hybridized carbons (Fsp3) is 0.385. The number of hydrogen-bond acceptors (Lipinski definition) is 3. The first-order valence-electron chi connectivity index (χ1n) is 5.88. The average Bonchev–Trinajstić information content (AvgIpc) is 2.42. The number of nitriles is 1. The Hall–Kier alpha value is -2.23. The zero-order valence-corrected chi connectivity index (χ0v) is 11.1. The molecule has 0 saturated carbocycles. The van der Waals surface area contributed by atoms with Crippen LogP contribution < -0.4 is 5.32 Å². The van der Waals surface area contributed by atoms with Gasteiger partial charge in [-0.2, -0.15) is 18.4 Å². The van der Waals surface area contributed by atoms with Crippen molar-refractivity contribution in [2.75, 3.05) is 25.5 Å². The second kappa shape index (κ2) is 6.28. The second-order valence-corrected chi connectivity index (χ2v) is 4.13. The summed E-state index contributed by atoms with van der Waals surface area (Å²) in [6, 6.07) is 4.47. The van der Waals surface area contributed by atoms with Crippen molar-refractivity contribution in [3.05, 3.63) is 29.3 Å². The van der Waals surface area contributed by atoms with Gasteiger partial charge in [0.2, 0.25) is 5.91 Å². The van der Waals surface area contributed by atoms with Gasteiger partial charge in [-0.05, 0) is 25.1 Å². The highest BCUT2D eigenvalue weighted by Gasteiger charge is 2.31. The molecule has 108 valence electrons. The van der Waals surface area contributed by atoms with E-state index in [1.165, 1.54) is 4.90 Å². The maximum atomic E-state index is 12.5. The molecule has 0 aliphatic heterocycles. The molecule has 1 amide bonds. The van der Waals surface area contributed by atoms with Crippen molar-refractivity contribution in [3.8, 4) is 6.07 Å². The Kier molecular flexibility index (Phi) is 4.97. The van der Waals surface area contributed by atoms with Gasteiger partial charge in [-0.3, -0.25) is 4.79 Å². The summed E-state index contributed by atoms with van der Waals surface area (Å²) in [4.78, 5) is 13.0. The summed E-state index contributed by atoms with van der Waals surface area (Å²) < 4.78 is 37.5. The summed E-state index contributed by atoms with van der Waals surface area (Å²) >= 11 is 0. The van der Waals surface area contributed by atoms with Crippen LogP contribution in [0.5, 0.6) is 0 Å². The fourth-order valence-corrected chi connectivity index (χ4v) is 1.45. The van der Waals surface area contributed by atoms with Crippen molar-refractivity contribution in [2.45, 2.75) is 13.1 Å². The normalized spacial score (nSPS) is 10.8. The standard InChI is InChI=1S/C13H14F3N3O/c1-3-19(2)12(20)8-18-11-5-4-10(13(14,15)16)6-9(11)7-17/h4-6,18H,3,8H2,1-2H3. The molecule has 1 N–H and O–H groups in total. The van der Waals surface area contributed by atoms with E-state index in [-0.39, 0.29) is 23.7 Å². The number of carbonyl (C=O) groups is 1. The minimum absolute atomic E-state index is 0.0790. The maximum Gasteiger partial charge on any atom is 0.416 e. The molecule has 0 radical (unpaired) electrons. The first-order chi connectivity index (χ1) is 9.29. The van der Waals surface area contributed by atoms with E-state index in [0.717, 1.165) is 18.2 Å².